The van der Waals surface area contributed by atoms with Crippen molar-refractivity contribution < 1.29 is 4.79 Å². The van der Waals surface area contributed by atoms with Crippen molar-refractivity contribution in [1.82, 2.24) is 9.47 Å². The number of hydrogen-bond acceptors (Lipinski definition) is 2. The van der Waals surface area contributed by atoms with Gasteiger partial charge in [0.15, 0.2) is 0 Å². The van der Waals surface area contributed by atoms with Crippen molar-refractivity contribution in [3.05, 3.63) is 51.9 Å². The standard InChI is InChI=1S/C16H18IN3O/c1-12-15-7-4-8-19(15)9-10-20(12)11-16(21)18-14-6-3-2-5-13(14)17/h2-8,12H,9-11H2,1H3,(H,18,21)/t12-/m1/s1. The van der Waals surface area contributed by atoms with Crippen molar-refractivity contribution in [3.8, 4) is 0 Å². The molecule has 1 aliphatic rings. The molecule has 1 aromatic heterocycles. The predicted octanol–water partition coefficient (Wildman–Crippen LogP) is 3.11. The highest BCUT2D eigenvalue weighted by molar-refractivity contribution is 14.1. The number of nitrogens with zero attached hydrogens (tertiary/aromatic N) is 2. The molecular formula is C16H18IN3O. The first-order valence-electron chi connectivity index (χ1n) is 7.08. The first-order valence-corrected chi connectivity index (χ1v) is 8.16. The molecule has 0 saturated carbocycles. The van der Waals surface area contributed by atoms with E-state index in [2.05, 4.69) is 62.6 Å². The molecule has 1 amide bonds. The van der Waals surface area contributed by atoms with E-state index in [9.17, 15) is 4.79 Å². The van der Waals surface area contributed by atoms with E-state index in [-0.39, 0.29) is 11.9 Å². The van der Waals surface area contributed by atoms with Crippen LogP contribution in [0.1, 0.15) is 18.7 Å². The van der Waals surface area contributed by atoms with Gasteiger partial charge in [0.25, 0.3) is 0 Å². The summed E-state index contributed by atoms with van der Waals surface area (Å²) in [6.45, 7) is 4.44. The van der Waals surface area contributed by atoms with Gasteiger partial charge in [-0.1, -0.05) is 12.1 Å². The minimum atomic E-state index is 0.0472. The fraction of sp³-hybridized carbons (Fsp3) is 0.312. The minimum Gasteiger partial charge on any atom is -0.349 e. The summed E-state index contributed by atoms with van der Waals surface area (Å²) >= 11 is 2.24. The fourth-order valence-corrected chi connectivity index (χ4v) is 3.30. The van der Waals surface area contributed by atoms with E-state index in [1.807, 2.05) is 24.3 Å². The van der Waals surface area contributed by atoms with Crippen LogP contribution in [0.25, 0.3) is 0 Å². The van der Waals surface area contributed by atoms with Crippen LogP contribution in [0.5, 0.6) is 0 Å². The van der Waals surface area contributed by atoms with E-state index in [0.717, 1.165) is 22.3 Å². The average molecular weight is 395 g/mol. The number of aromatic nitrogens is 1. The monoisotopic (exact) mass is 395 g/mol. The van der Waals surface area contributed by atoms with Crippen LogP contribution in [0.3, 0.4) is 0 Å². The number of amides is 1. The summed E-state index contributed by atoms with van der Waals surface area (Å²) in [5.74, 6) is 0.0472. The van der Waals surface area contributed by atoms with Crippen LogP contribution in [-0.4, -0.2) is 28.5 Å². The van der Waals surface area contributed by atoms with Gasteiger partial charge in [-0.15, -0.1) is 0 Å². The normalized spacial score (nSPS) is 18.3. The molecule has 21 heavy (non-hydrogen) atoms. The second-order valence-corrected chi connectivity index (χ2v) is 6.46. The Hall–Kier alpha value is -1.34. The summed E-state index contributed by atoms with van der Waals surface area (Å²) < 4.78 is 3.32. The number of anilines is 1. The first kappa shape index (κ1) is 14.6. The third kappa shape index (κ3) is 3.13. The highest BCUT2D eigenvalue weighted by Crippen LogP contribution is 2.25. The van der Waals surface area contributed by atoms with Gasteiger partial charge in [-0.3, -0.25) is 9.69 Å². The van der Waals surface area contributed by atoms with Crippen LogP contribution >= 0.6 is 22.6 Å². The Morgan fingerprint density at radius 1 is 1.29 bits per heavy atom. The lowest BCUT2D eigenvalue weighted by molar-refractivity contribution is -0.118. The molecule has 0 spiro atoms. The third-order valence-corrected chi connectivity index (χ3v) is 4.90. The van der Waals surface area contributed by atoms with Gasteiger partial charge >= 0.3 is 0 Å². The van der Waals surface area contributed by atoms with Gasteiger partial charge in [-0.2, -0.15) is 0 Å². The zero-order chi connectivity index (χ0) is 14.8. The molecule has 3 rings (SSSR count). The number of rotatable bonds is 3. The highest BCUT2D eigenvalue weighted by Gasteiger charge is 2.25. The second-order valence-electron chi connectivity index (χ2n) is 5.30. The van der Waals surface area contributed by atoms with Crippen LogP contribution in [0.4, 0.5) is 5.69 Å². The zero-order valence-electron chi connectivity index (χ0n) is 11.9. The molecule has 0 aliphatic carbocycles. The Kier molecular flexibility index (Phi) is 4.30. The molecular weight excluding hydrogens is 377 g/mol. The van der Waals surface area contributed by atoms with Crippen molar-refractivity contribution in [1.29, 1.82) is 0 Å². The van der Waals surface area contributed by atoms with E-state index >= 15 is 0 Å². The SMILES string of the molecule is C[C@@H]1c2cccn2CCN1CC(=O)Nc1ccccc1I. The Morgan fingerprint density at radius 2 is 2.10 bits per heavy atom. The summed E-state index contributed by atoms with van der Waals surface area (Å²) in [4.78, 5) is 14.5. The van der Waals surface area contributed by atoms with Gasteiger partial charge in [0, 0.05) is 34.6 Å². The lowest BCUT2D eigenvalue weighted by Gasteiger charge is -2.34. The molecule has 0 bridgehead atoms. The maximum atomic E-state index is 12.3. The number of carbonyl (C=O) groups excluding carboxylic acids is 1. The molecule has 1 N–H and O–H groups in total. The summed E-state index contributed by atoms with van der Waals surface area (Å²) in [5, 5.41) is 3.00. The molecule has 2 aromatic rings. The summed E-state index contributed by atoms with van der Waals surface area (Å²) in [6, 6.07) is 12.3. The number of para-hydroxylation sites is 1. The Bertz CT molecular complexity index is 652. The summed E-state index contributed by atoms with van der Waals surface area (Å²) in [7, 11) is 0. The quantitative estimate of drug-likeness (QED) is 0.812. The van der Waals surface area contributed by atoms with Gasteiger partial charge in [-0.25, -0.2) is 0 Å². The molecule has 110 valence electrons. The molecule has 5 heteroatoms. The smallest absolute Gasteiger partial charge is 0.238 e. The van der Waals surface area contributed by atoms with Gasteiger partial charge < -0.3 is 9.88 Å². The van der Waals surface area contributed by atoms with Gasteiger partial charge in [-0.05, 0) is 53.8 Å². The second kappa shape index (κ2) is 6.19. The minimum absolute atomic E-state index is 0.0472. The first-order chi connectivity index (χ1) is 10.1. The number of nitrogens with one attached hydrogen (secondary N) is 1. The van der Waals surface area contributed by atoms with Gasteiger partial charge in [0.05, 0.1) is 12.2 Å². The summed E-state index contributed by atoms with van der Waals surface area (Å²) in [6.07, 6.45) is 2.11. The van der Waals surface area contributed by atoms with Crippen LogP contribution in [0.2, 0.25) is 0 Å². The van der Waals surface area contributed by atoms with Crippen LogP contribution < -0.4 is 5.32 Å². The molecule has 1 aromatic carbocycles. The Balaban J connectivity index is 1.65. The molecule has 1 aliphatic heterocycles. The van der Waals surface area contributed by atoms with Gasteiger partial charge in [0.2, 0.25) is 5.91 Å². The van der Waals surface area contributed by atoms with Crippen molar-refractivity contribution in [2.24, 2.45) is 0 Å². The molecule has 2 heterocycles. The number of fused-ring (bicyclic) bond motifs is 1. The Morgan fingerprint density at radius 3 is 2.90 bits per heavy atom. The van der Waals surface area contributed by atoms with Crippen LogP contribution in [-0.2, 0) is 11.3 Å². The van der Waals surface area contributed by atoms with Crippen molar-refractivity contribution in [3.63, 3.8) is 0 Å². The maximum Gasteiger partial charge on any atom is 0.238 e. The zero-order valence-corrected chi connectivity index (χ0v) is 14.1. The molecule has 0 radical (unpaired) electrons. The van der Waals surface area contributed by atoms with Crippen molar-refractivity contribution in [2.75, 3.05) is 18.4 Å². The van der Waals surface area contributed by atoms with Crippen LogP contribution in [0.15, 0.2) is 42.6 Å². The van der Waals surface area contributed by atoms with E-state index in [0.29, 0.717) is 6.54 Å². The average Bonchev–Trinajstić information content (AvgIpc) is 2.94. The molecule has 0 fully saturated rings. The van der Waals surface area contributed by atoms with Crippen LogP contribution in [0, 0.1) is 3.57 Å². The third-order valence-electron chi connectivity index (χ3n) is 3.96. The lowest BCUT2D eigenvalue weighted by Crippen LogP contribution is -2.41. The van der Waals surface area contributed by atoms with E-state index in [1.54, 1.807) is 0 Å². The highest BCUT2D eigenvalue weighted by atomic mass is 127. The van der Waals surface area contributed by atoms with E-state index in [1.165, 1.54) is 5.69 Å². The largest absolute Gasteiger partial charge is 0.349 e. The number of halogens is 1. The topological polar surface area (TPSA) is 37.3 Å². The molecule has 1 atom stereocenters. The summed E-state index contributed by atoms with van der Waals surface area (Å²) in [5.41, 5.74) is 2.17. The van der Waals surface area contributed by atoms with E-state index < -0.39 is 0 Å². The van der Waals surface area contributed by atoms with Crippen molar-refractivity contribution >= 4 is 34.2 Å². The molecule has 0 unspecified atom stereocenters. The number of benzene rings is 1. The van der Waals surface area contributed by atoms with E-state index in [4.69, 9.17) is 0 Å². The predicted molar refractivity (Wildman–Crippen MR) is 92.2 cm³/mol. The van der Waals surface area contributed by atoms with Gasteiger partial charge in [0.1, 0.15) is 0 Å². The maximum absolute atomic E-state index is 12.3. The number of hydrogen-bond donors (Lipinski definition) is 1. The molecule has 0 saturated heterocycles. The Labute approximate surface area is 138 Å². The lowest BCUT2D eigenvalue weighted by atomic mass is 10.1. The van der Waals surface area contributed by atoms with Crippen molar-refractivity contribution in [2.45, 2.75) is 19.5 Å². The number of carbonyl (C=O) groups is 1. The molecule has 4 nitrogen and oxygen atoms in total. The fourth-order valence-electron chi connectivity index (χ4n) is 2.78.